The normalized spacial score (nSPS) is 18.2. The van der Waals surface area contributed by atoms with Crippen molar-refractivity contribution in [3.8, 4) is 0 Å². The zero-order chi connectivity index (χ0) is 15.4. The lowest BCUT2D eigenvalue weighted by atomic mass is 10.2. The van der Waals surface area contributed by atoms with Crippen LogP contribution in [-0.4, -0.2) is 46.5 Å². The molecule has 21 heavy (non-hydrogen) atoms. The number of carbonyl (C=O) groups is 1. The van der Waals surface area contributed by atoms with Crippen molar-refractivity contribution < 1.29 is 9.72 Å². The third-order valence-electron chi connectivity index (χ3n) is 3.85. The fourth-order valence-corrected chi connectivity index (χ4v) is 2.90. The first-order chi connectivity index (χ1) is 10.1. The molecule has 1 fully saturated rings. The molecule has 0 aromatic carbocycles. The molecule has 1 N–H and O–H groups in total. The maximum absolute atomic E-state index is 12.7. The molecule has 0 bridgehead atoms. The summed E-state index contributed by atoms with van der Waals surface area (Å²) in [6.45, 7) is 4.07. The molecule has 1 atom stereocenters. The van der Waals surface area contributed by atoms with Gasteiger partial charge in [0.25, 0.3) is 11.6 Å². The van der Waals surface area contributed by atoms with E-state index in [4.69, 9.17) is 0 Å². The van der Waals surface area contributed by atoms with Crippen LogP contribution in [0.2, 0.25) is 0 Å². The fraction of sp³-hybridized carbons (Fsp3) is 0.643. The van der Waals surface area contributed by atoms with E-state index in [2.05, 4.69) is 5.32 Å². The van der Waals surface area contributed by atoms with E-state index >= 15 is 0 Å². The van der Waals surface area contributed by atoms with Crippen LogP contribution < -0.4 is 5.32 Å². The van der Waals surface area contributed by atoms with Gasteiger partial charge in [0.15, 0.2) is 0 Å². The van der Waals surface area contributed by atoms with E-state index in [1.54, 1.807) is 4.57 Å². The zero-order valence-corrected chi connectivity index (χ0v) is 12.5. The van der Waals surface area contributed by atoms with Crippen LogP contribution in [0.1, 0.15) is 36.7 Å². The van der Waals surface area contributed by atoms with Crippen molar-refractivity contribution in [2.24, 2.45) is 0 Å². The van der Waals surface area contributed by atoms with E-state index in [9.17, 15) is 14.9 Å². The van der Waals surface area contributed by atoms with Crippen molar-refractivity contribution in [2.75, 3.05) is 20.1 Å². The Bertz CT molecular complexity index is 526. The second kappa shape index (κ2) is 6.71. The Kier molecular flexibility index (Phi) is 4.95. The smallest absolute Gasteiger partial charge is 0.287 e. The number of likely N-dealkylation sites (tertiary alicyclic amines) is 1. The number of aromatic nitrogens is 1. The SMILES string of the molecule is CCCn1cc([N+](=O)[O-])cc1C(=O)N1CCCC1CNC. The van der Waals surface area contributed by atoms with Gasteiger partial charge in [-0.1, -0.05) is 6.92 Å². The topological polar surface area (TPSA) is 80.4 Å². The number of nitro groups is 1. The monoisotopic (exact) mass is 294 g/mol. The second-order valence-electron chi connectivity index (χ2n) is 5.39. The molecule has 1 aliphatic rings. The van der Waals surface area contributed by atoms with Crippen LogP contribution in [0.4, 0.5) is 5.69 Å². The first kappa shape index (κ1) is 15.5. The number of amides is 1. The minimum Gasteiger partial charge on any atom is -0.337 e. The minimum absolute atomic E-state index is 0.0174. The average molecular weight is 294 g/mol. The fourth-order valence-electron chi connectivity index (χ4n) is 2.90. The summed E-state index contributed by atoms with van der Waals surface area (Å²) in [6.07, 6.45) is 4.24. The van der Waals surface area contributed by atoms with Gasteiger partial charge in [0.05, 0.1) is 11.1 Å². The summed E-state index contributed by atoms with van der Waals surface area (Å²) in [6, 6.07) is 1.57. The lowest BCUT2D eigenvalue weighted by molar-refractivity contribution is -0.384. The van der Waals surface area contributed by atoms with Gasteiger partial charge >= 0.3 is 0 Å². The van der Waals surface area contributed by atoms with Crippen LogP contribution in [-0.2, 0) is 6.54 Å². The Morgan fingerprint density at radius 1 is 1.57 bits per heavy atom. The molecule has 7 heteroatoms. The second-order valence-corrected chi connectivity index (χ2v) is 5.39. The summed E-state index contributed by atoms with van der Waals surface area (Å²) in [5.41, 5.74) is 0.405. The van der Waals surface area contributed by atoms with Gasteiger partial charge in [-0.2, -0.15) is 0 Å². The summed E-state index contributed by atoms with van der Waals surface area (Å²) in [4.78, 5) is 25.0. The average Bonchev–Trinajstić information content (AvgIpc) is 3.06. The molecule has 0 radical (unpaired) electrons. The number of hydrogen-bond donors (Lipinski definition) is 1. The van der Waals surface area contributed by atoms with E-state index in [-0.39, 0.29) is 17.6 Å². The molecular formula is C14H22N4O3. The first-order valence-corrected chi connectivity index (χ1v) is 7.38. The number of carbonyl (C=O) groups excluding carboxylic acids is 1. The molecule has 1 amide bonds. The third-order valence-corrected chi connectivity index (χ3v) is 3.85. The quantitative estimate of drug-likeness (QED) is 0.638. The molecule has 0 aliphatic carbocycles. The van der Waals surface area contributed by atoms with Crippen molar-refractivity contribution in [3.63, 3.8) is 0 Å². The molecule has 1 aromatic heterocycles. The van der Waals surface area contributed by atoms with Gasteiger partial charge < -0.3 is 14.8 Å². The molecular weight excluding hydrogens is 272 g/mol. The highest BCUT2D eigenvalue weighted by Gasteiger charge is 2.31. The van der Waals surface area contributed by atoms with Crippen molar-refractivity contribution in [1.82, 2.24) is 14.8 Å². The standard InChI is InChI=1S/C14H22N4O3/c1-3-6-16-10-12(18(20)21)8-13(16)14(19)17-7-4-5-11(17)9-15-2/h8,10-11,15H,3-7,9H2,1-2H3. The van der Waals surface area contributed by atoms with E-state index < -0.39 is 4.92 Å². The summed E-state index contributed by atoms with van der Waals surface area (Å²) in [5, 5.41) is 14.0. The van der Waals surface area contributed by atoms with Gasteiger partial charge in [0.2, 0.25) is 0 Å². The molecule has 116 valence electrons. The van der Waals surface area contributed by atoms with Crippen molar-refractivity contribution in [1.29, 1.82) is 0 Å². The summed E-state index contributed by atoms with van der Waals surface area (Å²) in [5.74, 6) is -0.102. The van der Waals surface area contributed by atoms with E-state index in [1.165, 1.54) is 12.3 Å². The Morgan fingerprint density at radius 3 is 2.95 bits per heavy atom. The van der Waals surface area contributed by atoms with Crippen LogP contribution in [0.25, 0.3) is 0 Å². The number of aryl methyl sites for hydroxylation is 1. The highest BCUT2D eigenvalue weighted by molar-refractivity contribution is 5.94. The molecule has 7 nitrogen and oxygen atoms in total. The Morgan fingerprint density at radius 2 is 2.33 bits per heavy atom. The van der Waals surface area contributed by atoms with Gasteiger partial charge in [-0.3, -0.25) is 14.9 Å². The molecule has 2 rings (SSSR count). The lowest BCUT2D eigenvalue weighted by Gasteiger charge is -2.24. The number of nitrogens with one attached hydrogen (secondary N) is 1. The van der Waals surface area contributed by atoms with Crippen LogP contribution in [0.15, 0.2) is 12.3 Å². The van der Waals surface area contributed by atoms with Crippen LogP contribution in [0.5, 0.6) is 0 Å². The van der Waals surface area contributed by atoms with Gasteiger partial charge in [-0.05, 0) is 26.3 Å². The number of likely N-dealkylation sites (N-methyl/N-ethyl adjacent to an activating group) is 1. The number of nitrogens with zero attached hydrogens (tertiary/aromatic N) is 3. The van der Waals surface area contributed by atoms with Crippen molar-refractivity contribution in [2.45, 2.75) is 38.8 Å². The number of rotatable bonds is 6. The highest BCUT2D eigenvalue weighted by Crippen LogP contribution is 2.23. The maximum atomic E-state index is 12.7. The molecule has 1 unspecified atom stereocenters. The molecule has 0 spiro atoms. The summed E-state index contributed by atoms with van der Waals surface area (Å²) >= 11 is 0. The summed E-state index contributed by atoms with van der Waals surface area (Å²) in [7, 11) is 1.87. The highest BCUT2D eigenvalue weighted by atomic mass is 16.6. The van der Waals surface area contributed by atoms with Gasteiger partial charge in [0, 0.05) is 31.7 Å². The predicted molar refractivity (Wildman–Crippen MR) is 79.4 cm³/mol. The van der Waals surface area contributed by atoms with Gasteiger partial charge in [-0.25, -0.2) is 0 Å². The third kappa shape index (κ3) is 3.24. The number of hydrogen-bond acceptors (Lipinski definition) is 4. The van der Waals surface area contributed by atoms with E-state index in [1.807, 2.05) is 18.9 Å². The van der Waals surface area contributed by atoms with Crippen molar-refractivity contribution >= 4 is 11.6 Å². The van der Waals surface area contributed by atoms with Gasteiger partial charge in [0.1, 0.15) is 5.69 Å². The molecule has 0 saturated carbocycles. The maximum Gasteiger partial charge on any atom is 0.287 e. The molecule has 2 heterocycles. The van der Waals surface area contributed by atoms with Crippen LogP contribution in [0.3, 0.4) is 0 Å². The van der Waals surface area contributed by atoms with Crippen molar-refractivity contribution in [3.05, 3.63) is 28.1 Å². The molecule has 1 aromatic rings. The van der Waals surface area contributed by atoms with E-state index in [0.29, 0.717) is 12.2 Å². The van der Waals surface area contributed by atoms with E-state index in [0.717, 1.165) is 32.4 Å². The zero-order valence-electron chi connectivity index (χ0n) is 12.5. The Labute approximate surface area is 124 Å². The molecule has 1 saturated heterocycles. The van der Waals surface area contributed by atoms with Crippen LogP contribution in [0, 0.1) is 10.1 Å². The molecule has 1 aliphatic heterocycles. The Balaban J connectivity index is 2.26. The lowest BCUT2D eigenvalue weighted by Crippen LogP contribution is -2.41. The summed E-state index contributed by atoms with van der Waals surface area (Å²) < 4.78 is 1.70. The first-order valence-electron chi connectivity index (χ1n) is 7.38. The predicted octanol–water partition coefficient (Wildman–Crippen LogP) is 1.63. The largest absolute Gasteiger partial charge is 0.337 e. The minimum atomic E-state index is -0.446. The van der Waals surface area contributed by atoms with Gasteiger partial charge in [-0.15, -0.1) is 0 Å². The Hall–Kier alpha value is -1.89. The van der Waals surface area contributed by atoms with Crippen LogP contribution >= 0.6 is 0 Å².